The molecule has 3 aromatic carbocycles. The van der Waals surface area contributed by atoms with E-state index in [4.69, 9.17) is 4.74 Å². The molecule has 1 aliphatic rings. The van der Waals surface area contributed by atoms with Gasteiger partial charge in [-0.25, -0.2) is 8.42 Å². The van der Waals surface area contributed by atoms with Gasteiger partial charge in [0.2, 0.25) is 10.0 Å². The zero-order chi connectivity index (χ0) is 28.2. The lowest BCUT2D eigenvalue weighted by molar-refractivity contribution is -0.137. The van der Waals surface area contributed by atoms with Gasteiger partial charge in [0.05, 0.1) is 16.5 Å². The summed E-state index contributed by atoms with van der Waals surface area (Å²) in [7, 11) is -3.89. The molecule has 1 atom stereocenters. The van der Waals surface area contributed by atoms with Crippen molar-refractivity contribution in [2.24, 2.45) is 0 Å². The maximum absolute atomic E-state index is 13.2. The van der Waals surface area contributed by atoms with Gasteiger partial charge in [-0.15, -0.1) is 0 Å². The Kier molecular flexibility index (Phi) is 8.56. The van der Waals surface area contributed by atoms with Gasteiger partial charge in [-0.05, 0) is 73.7 Å². The summed E-state index contributed by atoms with van der Waals surface area (Å²) in [5, 5.41) is 0. The van der Waals surface area contributed by atoms with Crippen molar-refractivity contribution in [2.45, 2.75) is 56.3 Å². The number of sulfonamides is 1. The normalized spacial score (nSPS) is 16.3. The first-order valence-electron chi connectivity index (χ1n) is 12.5. The lowest BCUT2D eigenvalue weighted by atomic mass is 10.0. The van der Waals surface area contributed by atoms with E-state index in [1.807, 2.05) is 6.07 Å². The molecule has 6 nitrogen and oxygen atoms in total. The molecule has 0 amide bonds. The molecule has 10 heteroatoms. The minimum Gasteiger partial charge on any atom is -0.489 e. The summed E-state index contributed by atoms with van der Waals surface area (Å²) < 4.78 is 71.6. The first kappa shape index (κ1) is 28.5. The molecular weight excluding hydrogens is 531 g/mol. The molecule has 0 aliphatic carbocycles. The first-order chi connectivity index (χ1) is 18.4. The molecular formula is C29H28F3NO5S. The number of nitrogens with zero attached hydrogens (tertiary/aromatic N) is 1. The summed E-state index contributed by atoms with van der Waals surface area (Å²) in [6.45, 7) is 1.74. The Morgan fingerprint density at radius 3 is 2.31 bits per heavy atom. The molecule has 1 heterocycles. The average molecular weight is 560 g/mol. The van der Waals surface area contributed by atoms with Gasteiger partial charge in [-0.1, -0.05) is 36.4 Å². The van der Waals surface area contributed by atoms with E-state index in [9.17, 15) is 31.2 Å². The number of carbonyl (C=O) groups excluding carboxylic acids is 2. The van der Waals surface area contributed by atoms with Gasteiger partial charge in [0.15, 0.2) is 11.6 Å². The lowest BCUT2D eigenvalue weighted by Gasteiger charge is -2.23. The van der Waals surface area contributed by atoms with Crippen molar-refractivity contribution in [1.29, 1.82) is 0 Å². The Hall–Kier alpha value is -3.50. The Labute approximate surface area is 225 Å². The van der Waals surface area contributed by atoms with Crippen LogP contribution < -0.4 is 4.74 Å². The number of rotatable bonds is 10. The van der Waals surface area contributed by atoms with Crippen LogP contribution in [0, 0.1) is 0 Å². The number of ether oxygens (including phenoxy) is 1. The van der Waals surface area contributed by atoms with Crippen LogP contribution in [0.3, 0.4) is 0 Å². The third-order valence-electron chi connectivity index (χ3n) is 6.69. The largest absolute Gasteiger partial charge is 0.489 e. The highest BCUT2D eigenvalue weighted by molar-refractivity contribution is 7.89. The fourth-order valence-corrected chi connectivity index (χ4v) is 6.21. The number of hydrogen-bond acceptors (Lipinski definition) is 5. The fourth-order valence-electron chi connectivity index (χ4n) is 4.53. The van der Waals surface area contributed by atoms with Crippen LogP contribution in [0.1, 0.15) is 53.2 Å². The Bertz CT molecular complexity index is 1430. The van der Waals surface area contributed by atoms with Gasteiger partial charge in [0.1, 0.15) is 12.4 Å². The molecule has 3 aromatic rings. The maximum atomic E-state index is 13.2. The van der Waals surface area contributed by atoms with Crippen molar-refractivity contribution < 1.29 is 35.9 Å². The van der Waals surface area contributed by atoms with Gasteiger partial charge < -0.3 is 4.74 Å². The molecule has 0 bridgehead atoms. The molecule has 4 rings (SSSR count). The topological polar surface area (TPSA) is 80.8 Å². The highest BCUT2D eigenvalue weighted by Crippen LogP contribution is 2.30. The van der Waals surface area contributed by atoms with Crippen LogP contribution in [0.15, 0.2) is 77.7 Å². The van der Waals surface area contributed by atoms with Crippen LogP contribution in [0.4, 0.5) is 13.2 Å². The number of Topliss-reactive ketones (excluding diaryl/α,β-unsaturated/α-hetero) is 2. The summed E-state index contributed by atoms with van der Waals surface area (Å²) >= 11 is 0. The molecule has 0 saturated carbocycles. The molecule has 0 N–H and O–H groups in total. The van der Waals surface area contributed by atoms with Gasteiger partial charge in [-0.3, -0.25) is 9.59 Å². The van der Waals surface area contributed by atoms with Crippen molar-refractivity contribution >= 4 is 21.6 Å². The number of alkyl halides is 3. The zero-order valence-electron chi connectivity index (χ0n) is 21.3. The number of hydrogen-bond donors (Lipinski definition) is 0. The Balaban J connectivity index is 1.35. The van der Waals surface area contributed by atoms with Gasteiger partial charge in [0.25, 0.3) is 0 Å². The maximum Gasteiger partial charge on any atom is 0.416 e. The second-order valence-electron chi connectivity index (χ2n) is 9.45. The molecule has 0 radical (unpaired) electrons. The number of aryl methyl sites for hydroxylation is 1. The molecule has 0 unspecified atom stereocenters. The summed E-state index contributed by atoms with van der Waals surface area (Å²) in [5.41, 5.74) is 1.09. The quantitative estimate of drug-likeness (QED) is 0.292. The van der Waals surface area contributed by atoms with Crippen molar-refractivity contribution in [2.75, 3.05) is 6.54 Å². The van der Waals surface area contributed by atoms with Crippen molar-refractivity contribution in [3.8, 4) is 5.75 Å². The van der Waals surface area contributed by atoms with Gasteiger partial charge in [0, 0.05) is 18.5 Å². The third kappa shape index (κ3) is 6.93. The van der Waals surface area contributed by atoms with Crippen LogP contribution in [-0.2, 0) is 34.0 Å². The minimum atomic E-state index is -4.40. The van der Waals surface area contributed by atoms with E-state index in [1.54, 1.807) is 18.2 Å². The SMILES string of the molecule is CC(=O)c1ccc(S(=O)(=O)N2CCC[C@H]2C(=O)CCc2cccc(OCc3ccc(C(F)(F)F)cc3)c2)cc1. The average Bonchev–Trinajstić information content (AvgIpc) is 3.42. The van der Waals surface area contributed by atoms with Crippen molar-refractivity contribution in [1.82, 2.24) is 4.31 Å². The van der Waals surface area contributed by atoms with E-state index in [0.717, 1.165) is 17.7 Å². The molecule has 0 spiro atoms. The van der Waals surface area contributed by atoms with Gasteiger partial charge >= 0.3 is 6.18 Å². The molecule has 39 heavy (non-hydrogen) atoms. The fraction of sp³-hybridized carbons (Fsp3) is 0.310. The molecule has 206 valence electrons. The second-order valence-corrected chi connectivity index (χ2v) is 11.3. The highest BCUT2D eigenvalue weighted by atomic mass is 32.2. The predicted molar refractivity (Wildman–Crippen MR) is 139 cm³/mol. The van der Waals surface area contributed by atoms with E-state index in [-0.39, 0.29) is 36.0 Å². The van der Waals surface area contributed by atoms with Crippen LogP contribution in [0.5, 0.6) is 5.75 Å². The Morgan fingerprint density at radius 1 is 0.974 bits per heavy atom. The predicted octanol–water partition coefficient (Wildman–Crippen LogP) is 5.84. The number of ketones is 2. The molecule has 0 aromatic heterocycles. The summed E-state index contributed by atoms with van der Waals surface area (Å²) in [6.07, 6.45) is -2.85. The van der Waals surface area contributed by atoms with Crippen molar-refractivity contribution in [3.63, 3.8) is 0 Å². The van der Waals surface area contributed by atoms with Crippen LogP contribution in [-0.4, -0.2) is 36.9 Å². The van der Waals surface area contributed by atoms with E-state index in [0.29, 0.717) is 36.1 Å². The van der Waals surface area contributed by atoms with Crippen LogP contribution in [0.2, 0.25) is 0 Å². The van der Waals surface area contributed by atoms with Crippen LogP contribution in [0.25, 0.3) is 0 Å². The monoisotopic (exact) mass is 559 g/mol. The number of benzene rings is 3. The van der Waals surface area contributed by atoms with E-state index in [2.05, 4.69) is 0 Å². The van der Waals surface area contributed by atoms with Crippen molar-refractivity contribution in [3.05, 3.63) is 95.1 Å². The molecule has 1 saturated heterocycles. The minimum absolute atomic E-state index is 0.0464. The van der Waals surface area contributed by atoms with E-state index in [1.165, 1.54) is 47.6 Å². The standard InChI is InChI=1S/C29H28F3NO5S/c1-20(34)23-10-14-26(15-11-23)39(36,37)33-17-3-6-27(33)28(35)16-9-21-4-2-5-25(18-21)38-19-22-7-12-24(13-8-22)29(30,31)32/h2,4-5,7-8,10-15,18,27H,3,6,9,16-17,19H2,1H3/t27-/m0/s1. The third-order valence-corrected chi connectivity index (χ3v) is 8.61. The smallest absolute Gasteiger partial charge is 0.416 e. The Morgan fingerprint density at radius 2 is 1.67 bits per heavy atom. The summed E-state index contributed by atoms with van der Waals surface area (Å²) in [6, 6.07) is 16.8. The zero-order valence-corrected chi connectivity index (χ0v) is 22.1. The second kappa shape index (κ2) is 11.7. The molecule has 1 fully saturated rings. The lowest BCUT2D eigenvalue weighted by Crippen LogP contribution is -2.40. The summed E-state index contributed by atoms with van der Waals surface area (Å²) in [4.78, 5) is 24.6. The van der Waals surface area contributed by atoms with E-state index >= 15 is 0 Å². The van der Waals surface area contributed by atoms with Crippen LogP contribution >= 0.6 is 0 Å². The summed E-state index contributed by atoms with van der Waals surface area (Å²) in [5.74, 6) is 0.175. The van der Waals surface area contributed by atoms with Gasteiger partial charge in [-0.2, -0.15) is 17.5 Å². The number of carbonyl (C=O) groups is 2. The first-order valence-corrected chi connectivity index (χ1v) is 13.9. The van der Waals surface area contributed by atoms with E-state index < -0.39 is 27.8 Å². The molecule has 1 aliphatic heterocycles. The number of halogens is 3. The highest BCUT2D eigenvalue weighted by Gasteiger charge is 2.39.